The molecule has 0 saturated heterocycles. The SMILES string of the molecule is [O-][NH+](O)c1cccc(Nc2nc(-c3ccc(Cl)cc3)cs2)c1. The highest BCUT2D eigenvalue weighted by Crippen LogP contribution is 2.28. The molecule has 0 bridgehead atoms. The van der Waals surface area contributed by atoms with E-state index >= 15 is 0 Å². The molecule has 0 spiro atoms. The molecule has 2 aromatic carbocycles. The maximum Gasteiger partial charge on any atom is 0.187 e. The van der Waals surface area contributed by atoms with Crippen molar-refractivity contribution in [2.45, 2.75) is 0 Å². The summed E-state index contributed by atoms with van der Waals surface area (Å²) < 4.78 is 0. The lowest BCUT2D eigenvalue weighted by molar-refractivity contribution is -0.991. The van der Waals surface area contributed by atoms with Crippen molar-refractivity contribution in [1.82, 2.24) is 4.98 Å². The van der Waals surface area contributed by atoms with Gasteiger partial charge in [-0.3, -0.25) is 0 Å². The Labute approximate surface area is 136 Å². The summed E-state index contributed by atoms with van der Waals surface area (Å²) in [6.45, 7) is 0. The number of halogens is 1. The standard InChI is InChI=1S/C15H12ClN3O2S/c16-11-6-4-10(5-7-11)14-9-22-15(18-14)17-12-2-1-3-13(8-12)19(20)21/h1-9,19-20H,(H,17,18). The summed E-state index contributed by atoms with van der Waals surface area (Å²) in [5, 5.41) is 25.5. The van der Waals surface area contributed by atoms with E-state index in [1.165, 1.54) is 11.3 Å². The molecule has 3 rings (SSSR count). The summed E-state index contributed by atoms with van der Waals surface area (Å²) in [5.74, 6) is 0. The van der Waals surface area contributed by atoms with Crippen molar-refractivity contribution < 1.29 is 10.4 Å². The summed E-state index contributed by atoms with van der Waals surface area (Å²) in [6.07, 6.45) is 0. The van der Waals surface area contributed by atoms with E-state index in [2.05, 4.69) is 10.3 Å². The quantitative estimate of drug-likeness (QED) is 0.638. The zero-order valence-electron chi connectivity index (χ0n) is 11.3. The molecule has 0 aliphatic rings. The van der Waals surface area contributed by atoms with Crippen LogP contribution in [0, 0.1) is 5.21 Å². The molecular weight excluding hydrogens is 322 g/mol. The first-order valence-corrected chi connectivity index (χ1v) is 7.69. The molecule has 1 atom stereocenters. The molecule has 112 valence electrons. The Bertz CT molecular complexity index is 774. The van der Waals surface area contributed by atoms with Crippen LogP contribution in [0.25, 0.3) is 11.3 Å². The van der Waals surface area contributed by atoms with Crippen LogP contribution in [0.15, 0.2) is 53.9 Å². The normalized spacial score (nSPS) is 12.1. The summed E-state index contributed by atoms with van der Waals surface area (Å²) in [4.78, 5) is 4.50. The Kier molecular flexibility index (Phi) is 4.37. The van der Waals surface area contributed by atoms with Crippen LogP contribution in [0.1, 0.15) is 0 Å². The predicted octanol–water partition coefficient (Wildman–Crippen LogP) is 3.61. The highest BCUT2D eigenvalue weighted by Gasteiger charge is 2.06. The Morgan fingerprint density at radius 3 is 2.68 bits per heavy atom. The van der Waals surface area contributed by atoms with E-state index < -0.39 is 5.23 Å². The fraction of sp³-hybridized carbons (Fsp3) is 0. The third kappa shape index (κ3) is 3.44. The smallest absolute Gasteiger partial charge is 0.187 e. The van der Waals surface area contributed by atoms with Crippen molar-refractivity contribution in [3.8, 4) is 11.3 Å². The molecule has 0 aliphatic carbocycles. The molecule has 0 saturated carbocycles. The Morgan fingerprint density at radius 2 is 1.95 bits per heavy atom. The van der Waals surface area contributed by atoms with Gasteiger partial charge >= 0.3 is 0 Å². The van der Waals surface area contributed by atoms with Gasteiger partial charge in [0.2, 0.25) is 0 Å². The molecule has 22 heavy (non-hydrogen) atoms. The molecule has 1 heterocycles. The summed E-state index contributed by atoms with van der Waals surface area (Å²) in [6, 6.07) is 14.1. The lowest BCUT2D eigenvalue weighted by Gasteiger charge is -2.12. The van der Waals surface area contributed by atoms with Crippen LogP contribution in [-0.2, 0) is 0 Å². The van der Waals surface area contributed by atoms with Crippen LogP contribution >= 0.6 is 22.9 Å². The van der Waals surface area contributed by atoms with Gasteiger partial charge in [0.05, 0.1) is 5.69 Å². The number of nitrogens with one attached hydrogen (secondary N) is 2. The van der Waals surface area contributed by atoms with Gasteiger partial charge in [-0.15, -0.1) is 11.3 Å². The zero-order chi connectivity index (χ0) is 15.5. The van der Waals surface area contributed by atoms with Crippen molar-refractivity contribution in [2.75, 3.05) is 5.32 Å². The number of hydrogen-bond donors (Lipinski definition) is 3. The summed E-state index contributed by atoms with van der Waals surface area (Å²) in [5.41, 5.74) is 2.75. The van der Waals surface area contributed by atoms with E-state index in [-0.39, 0.29) is 5.69 Å². The molecule has 3 N–H and O–H groups in total. The van der Waals surface area contributed by atoms with Crippen LogP contribution < -0.4 is 10.5 Å². The van der Waals surface area contributed by atoms with Gasteiger partial charge in [-0.25, -0.2) is 10.2 Å². The minimum absolute atomic E-state index is 0.236. The zero-order valence-corrected chi connectivity index (χ0v) is 12.9. The van der Waals surface area contributed by atoms with Gasteiger partial charge in [-0.1, -0.05) is 29.8 Å². The number of benzene rings is 2. The second-order valence-electron chi connectivity index (χ2n) is 4.56. The third-order valence-electron chi connectivity index (χ3n) is 3.00. The number of rotatable bonds is 4. The van der Waals surface area contributed by atoms with Crippen molar-refractivity contribution in [2.24, 2.45) is 0 Å². The second kappa shape index (κ2) is 6.43. The first kappa shape index (κ1) is 15.0. The largest absolute Gasteiger partial charge is 0.595 e. The van der Waals surface area contributed by atoms with E-state index in [9.17, 15) is 5.21 Å². The lowest BCUT2D eigenvalue weighted by atomic mass is 10.2. The van der Waals surface area contributed by atoms with E-state index in [4.69, 9.17) is 16.8 Å². The molecule has 1 aromatic heterocycles. The number of anilines is 2. The van der Waals surface area contributed by atoms with Gasteiger partial charge in [0.25, 0.3) is 0 Å². The first-order chi connectivity index (χ1) is 10.6. The average molecular weight is 334 g/mol. The number of nitrogens with zero attached hydrogens (tertiary/aromatic N) is 1. The predicted molar refractivity (Wildman–Crippen MR) is 88.1 cm³/mol. The maximum atomic E-state index is 11.0. The van der Waals surface area contributed by atoms with Gasteiger partial charge in [0, 0.05) is 33.8 Å². The van der Waals surface area contributed by atoms with E-state index in [1.54, 1.807) is 24.3 Å². The second-order valence-corrected chi connectivity index (χ2v) is 5.85. The molecule has 0 aliphatic heterocycles. The van der Waals surface area contributed by atoms with Gasteiger partial charge in [-0.2, -0.15) is 5.23 Å². The Hall–Kier alpha value is -1.96. The average Bonchev–Trinajstić information content (AvgIpc) is 2.96. The van der Waals surface area contributed by atoms with E-state index in [0.29, 0.717) is 15.8 Å². The van der Waals surface area contributed by atoms with Gasteiger partial charge in [-0.05, 0) is 18.2 Å². The van der Waals surface area contributed by atoms with Crippen molar-refractivity contribution in [1.29, 1.82) is 0 Å². The highest BCUT2D eigenvalue weighted by atomic mass is 35.5. The molecule has 0 fully saturated rings. The molecule has 5 nitrogen and oxygen atoms in total. The molecule has 1 unspecified atom stereocenters. The molecule has 0 amide bonds. The number of thiazole rings is 1. The maximum absolute atomic E-state index is 11.0. The summed E-state index contributed by atoms with van der Waals surface area (Å²) in [7, 11) is 0. The monoisotopic (exact) mass is 333 g/mol. The van der Waals surface area contributed by atoms with E-state index in [1.807, 2.05) is 29.6 Å². The number of quaternary nitrogens is 1. The van der Waals surface area contributed by atoms with Crippen LogP contribution in [0.3, 0.4) is 0 Å². The minimum Gasteiger partial charge on any atom is -0.595 e. The minimum atomic E-state index is -0.954. The highest BCUT2D eigenvalue weighted by molar-refractivity contribution is 7.14. The molecule has 7 heteroatoms. The number of hydrogen-bond acceptors (Lipinski definition) is 5. The van der Waals surface area contributed by atoms with Gasteiger partial charge in [0.15, 0.2) is 10.8 Å². The fourth-order valence-electron chi connectivity index (χ4n) is 1.94. The fourth-order valence-corrected chi connectivity index (χ4v) is 2.80. The van der Waals surface area contributed by atoms with Crippen LogP contribution in [-0.4, -0.2) is 10.2 Å². The van der Waals surface area contributed by atoms with Gasteiger partial charge in [0.1, 0.15) is 0 Å². The van der Waals surface area contributed by atoms with Crippen molar-refractivity contribution >= 4 is 39.4 Å². The Morgan fingerprint density at radius 1 is 1.18 bits per heavy atom. The molecular formula is C15H12ClN3O2S. The third-order valence-corrected chi connectivity index (χ3v) is 4.01. The van der Waals surface area contributed by atoms with Gasteiger partial charge < -0.3 is 10.5 Å². The molecule has 0 radical (unpaired) electrons. The topological polar surface area (TPSA) is 72.7 Å². The molecule has 3 aromatic rings. The lowest BCUT2D eigenvalue weighted by Crippen LogP contribution is -2.99. The van der Waals surface area contributed by atoms with Crippen molar-refractivity contribution in [3.63, 3.8) is 0 Å². The summed E-state index contributed by atoms with van der Waals surface area (Å²) >= 11 is 7.33. The Balaban J connectivity index is 1.79. The van der Waals surface area contributed by atoms with Crippen LogP contribution in [0.2, 0.25) is 5.02 Å². The number of aromatic nitrogens is 1. The van der Waals surface area contributed by atoms with E-state index in [0.717, 1.165) is 11.3 Å². The van der Waals surface area contributed by atoms with Crippen LogP contribution in [0.4, 0.5) is 16.5 Å². The van der Waals surface area contributed by atoms with Crippen LogP contribution in [0.5, 0.6) is 0 Å². The first-order valence-electron chi connectivity index (χ1n) is 6.44. The van der Waals surface area contributed by atoms with Crippen molar-refractivity contribution in [3.05, 3.63) is 64.1 Å².